The predicted molar refractivity (Wildman–Crippen MR) is 34.9 cm³/mol. The second-order valence-corrected chi connectivity index (χ2v) is 2.29. The van der Waals surface area contributed by atoms with Crippen molar-refractivity contribution >= 4 is 17.7 Å². The van der Waals surface area contributed by atoms with Crippen LogP contribution in [0.2, 0.25) is 0 Å². The van der Waals surface area contributed by atoms with Crippen molar-refractivity contribution in [1.82, 2.24) is 0 Å². The lowest BCUT2D eigenvalue weighted by Gasteiger charge is -1.96. The number of carboxylic acids is 1. The molecule has 60 valence electrons. The van der Waals surface area contributed by atoms with Gasteiger partial charge in [-0.15, -0.1) is 0 Å². The van der Waals surface area contributed by atoms with E-state index in [4.69, 9.17) is 5.11 Å². The van der Waals surface area contributed by atoms with Gasteiger partial charge in [-0.2, -0.15) is 0 Å². The zero-order valence-corrected chi connectivity index (χ0v) is 5.90. The van der Waals surface area contributed by atoms with Gasteiger partial charge < -0.3 is 9.94 Å². The largest absolute Gasteiger partial charge is 0.481 e. The molecular weight excluding hydrogens is 150 g/mol. The Morgan fingerprint density at radius 3 is 2.82 bits per heavy atom. The minimum atomic E-state index is -1.01. The van der Waals surface area contributed by atoms with E-state index in [1.165, 1.54) is 0 Å². The fraction of sp³-hybridized carbons (Fsp3) is 0.500. The average molecular weight is 157 g/mol. The zero-order valence-electron chi connectivity index (χ0n) is 5.90. The standard InChI is InChI=1S/C6H7NO4/c1-3-4(2-5(8)9)7-11-6(3)10/h3H,2H2,1H3,(H,8,9). The predicted octanol–water partition coefficient (Wildman–Crippen LogP) is 0.0100. The molecule has 0 radical (unpaired) electrons. The van der Waals surface area contributed by atoms with Gasteiger partial charge in [-0.05, 0) is 6.92 Å². The zero-order chi connectivity index (χ0) is 8.43. The van der Waals surface area contributed by atoms with Crippen LogP contribution in [0.5, 0.6) is 0 Å². The summed E-state index contributed by atoms with van der Waals surface area (Å²) >= 11 is 0. The van der Waals surface area contributed by atoms with Crippen molar-refractivity contribution in [1.29, 1.82) is 0 Å². The van der Waals surface area contributed by atoms with Gasteiger partial charge in [-0.3, -0.25) is 4.79 Å². The van der Waals surface area contributed by atoms with Crippen molar-refractivity contribution in [3.63, 3.8) is 0 Å². The van der Waals surface area contributed by atoms with Crippen LogP contribution >= 0.6 is 0 Å². The number of oxime groups is 1. The first-order valence-corrected chi connectivity index (χ1v) is 3.10. The molecule has 1 atom stereocenters. The number of rotatable bonds is 2. The van der Waals surface area contributed by atoms with E-state index in [0.29, 0.717) is 0 Å². The minimum absolute atomic E-state index is 0.229. The van der Waals surface area contributed by atoms with E-state index >= 15 is 0 Å². The molecule has 0 aliphatic carbocycles. The molecule has 1 unspecified atom stereocenters. The van der Waals surface area contributed by atoms with Crippen LogP contribution in [0.15, 0.2) is 5.16 Å². The smallest absolute Gasteiger partial charge is 0.343 e. The SMILES string of the molecule is CC1C(=O)ON=C1CC(=O)O. The topological polar surface area (TPSA) is 76.0 Å². The van der Waals surface area contributed by atoms with Crippen molar-refractivity contribution in [2.75, 3.05) is 0 Å². The van der Waals surface area contributed by atoms with Crippen LogP contribution in [0.4, 0.5) is 0 Å². The molecule has 0 bridgehead atoms. The van der Waals surface area contributed by atoms with Crippen LogP contribution in [0.3, 0.4) is 0 Å². The van der Waals surface area contributed by atoms with E-state index in [9.17, 15) is 9.59 Å². The molecule has 0 amide bonds. The second-order valence-electron chi connectivity index (χ2n) is 2.29. The highest BCUT2D eigenvalue weighted by molar-refractivity contribution is 6.10. The van der Waals surface area contributed by atoms with E-state index in [1.54, 1.807) is 6.92 Å². The Balaban J connectivity index is 2.61. The number of hydrogen-bond donors (Lipinski definition) is 1. The van der Waals surface area contributed by atoms with Crippen molar-refractivity contribution in [3.05, 3.63) is 0 Å². The van der Waals surface area contributed by atoms with Gasteiger partial charge in [0.05, 0.1) is 18.1 Å². The third-order valence-electron chi connectivity index (χ3n) is 1.44. The average Bonchev–Trinajstić information content (AvgIpc) is 2.18. The van der Waals surface area contributed by atoms with Crippen LogP contribution in [0.1, 0.15) is 13.3 Å². The van der Waals surface area contributed by atoms with Gasteiger partial charge in [0, 0.05) is 0 Å². The van der Waals surface area contributed by atoms with Crippen LogP contribution < -0.4 is 0 Å². The number of hydrogen-bond acceptors (Lipinski definition) is 4. The van der Waals surface area contributed by atoms with Crippen molar-refractivity contribution in [2.24, 2.45) is 11.1 Å². The quantitative estimate of drug-likeness (QED) is 0.573. The molecule has 5 heteroatoms. The van der Waals surface area contributed by atoms with Crippen LogP contribution in [0, 0.1) is 5.92 Å². The van der Waals surface area contributed by atoms with Gasteiger partial charge in [0.25, 0.3) is 0 Å². The first-order chi connectivity index (χ1) is 5.11. The maximum atomic E-state index is 10.6. The third-order valence-corrected chi connectivity index (χ3v) is 1.44. The molecule has 1 heterocycles. The van der Waals surface area contributed by atoms with E-state index < -0.39 is 17.9 Å². The van der Waals surface area contributed by atoms with Crippen molar-refractivity contribution < 1.29 is 19.5 Å². The van der Waals surface area contributed by atoms with Gasteiger partial charge in [-0.1, -0.05) is 5.16 Å². The molecule has 0 aromatic heterocycles. The number of carboxylic acid groups (broad SMARTS) is 1. The Kier molecular flexibility index (Phi) is 1.89. The monoisotopic (exact) mass is 157 g/mol. The Hall–Kier alpha value is -1.39. The molecule has 0 aromatic rings. The van der Waals surface area contributed by atoms with Crippen LogP contribution in [-0.2, 0) is 14.4 Å². The molecule has 0 fully saturated rings. The Labute approximate surface area is 62.6 Å². The summed E-state index contributed by atoms with van der Waals surface area (Å²) < 4.78 is 0. The van der Waals surface area contributed by atoms with Crippen LogP contribution in [-0.4, -0.2) is 22.8 Å². The Morgan fingerprint density at radius 1 is 1.82 bits per heavy atom. The lowest BCUT2D eigenvalue weighted by Crippen LogP contribution is -2.17. The number of carbonyl (C=O) groups is 2. The summed E-state index contributed by atoms with van der Waals surface area (Å²) in [4.78, 5) is 25.1. The summed E-state index contributed by atoms with van der Waals surface area (Å²) in [6, 6.07) is 0. The molecule has 1 aliphatic heterocycles. The van der Waals surface area contributed by atoms with Gasteiger partial charge in [0.1, 0.15) is 0 Å². The minimum Gasteiger partial charge on any atom is -0.481 e. The van der Waals surface area contributed by atoms with E-state index in [-0.39, 0.29) is 12.1 Å². The number of aliphatic carboxylic acids is 1. The summed E-state index contributed by atoms with van der Waals surface area (Å²) in [5.41, 5.74) is 0.280. The van der Waals surface area contributed by atoms with Gasteiger partial charge >= 0.3 is 11.9 Å². The molecule has 1 N–H and O–H groups in total. The van der Waals surface area contributed by atoms with Gasteiger partial charge in [-0.25, -0.2) is 4.79 Å². The van der Waals surface area contributed by atoms with Crippen molar-refractivity contribution in [3.8, 4) is 0 Å². The summed E-state index contributed by atoms with van der Waals surface area (Å²) in [6.45, 7) is 1.57. The highest BCUT2D eigenvalue weighted by atomic mass is 16.7. The van der Waals surface area contributed by atoms with E-state index in [1.807, 2.05) is 0 Å². The van der Waals surface area contributed by atoms with E-state index in [2.05, 4.69) is 9.99 Å². The van der Waals surface area contributed by atoms with Gasteiger partial charge in [0.2, 0.25) is 0 Å². The maximum Gasteiger partial charge on any atom is 0.343 e. The number of carbonyl (C=O) groups excluding carboxylic acids is 1. The fourth-order valence-electron chi connectivity index (χ4n) is 0.738. The second kappa shape index (κ2) is 2.69. The van der Waals surface area contributed by atoms with Crippen molar-refractivity contribution in [2.45, 2.75) is 13.3 Å². The summed E-state index contributed by atoms with van der Waals surface area (Å²) in [5, 5.41) is 11.7. The molecule has 0 saturated heterocycles. The lowest BCUT2D eigenvalue weighted by molar-refractivity contribution is -0.143. The first-order valence-electron chi connectivity index (χ1n) is 3.10. The summed E-state index contributed by atoms with van der Waals surface area (Å²) in [6.07, 6.45) is -0.229. The maximum absolute atomic E-state index is 10.6. The molecule has 11 heavy (non-hydrogen) atoms. The molecule has 0 spiro atoms. The normalized spacial score (nSPS) is 22.8. The highest BCUT2D eigenvalue weighted by Gasteiger charge is 2.29. The molecule has 1 aliphatic rings. The lowest BCUT2D eigenvalue weighted by atomic mass is 10.0. The van der Waals surface area contributed by atoms with Gasteiger partial charge in [0.15, 0.2) is 0 Å². The third kappa shape index (κ3) is 1.54. The Bertz CT molecular complexity index is 233. The molecule has 0 saturated carbocycles. The molecule has 1 rings (SSSR count). The molecule has 5 nitrogen and oxygen atoms in total. The number of nitrogens with zero attached hydrogens (tertiary/aromatic N) is 1. The van der Waals surface area contributed by atoms with Crippen LogP contribution in [0.25, 0.3) is 0 Å². The summed E-state index contributed by atoms with van der Waals surface area (Å²) in [7, 11) is 0. The molecule has 0 aromatic carbocycles. The Morgan fingerprint density at radius 2 is 2.45 bits per heavy atom. The first kappa shape index (κ1) is 7.71. The van der Waals surface area contributed by atoms with E-state index in [0.717, 1.165) is 0 Å². The fourth-order valence-corrected chi connectivity index (χ4v) is 0.738. The highest BCUT2D eigenvalue weighted by Crippen LogP contribution is 2.13. The molecular formula is C6H7NO4. The summed E-state index contributed by atoms with van der Waals surface area (Å²) in [5.74, 6) is -2.00.